The van der Waals surface area contributed by atoms with Crippen molar-refractivity contribution in [2.45, 2.75) is 210 Å². The van der Waals surface area contributed by atoms with Crippen LogP contribution in [0.2, 0.25) is 0 Å². The molecule has 11 heteroatoms. The lowest BCUT2D eigenvalue weighted by Gasteiger charge is -2.31. The van der Waals surface area contributed by atoms with Gasteiger partial charge in [0.25, 0.3) is 0 Å². The number of hydrogen-bond donors (Lipinski definition) is 4. The summed E-state index contributed by atoms with van der Waals surface area (Å²) in [7, 11) is 0. The molecule has 0 saturated carbocycles. The molecule has 352 valence electrons. The molecule has 0 spiro atoms. The Kier molecular flexibility index (Phi) is 44.2. The average Bonchev–Trinajstić information content (AvgIpc) is 4.02. The second-order valence-corrected chi connectivity index (χ2v) is 17.4. The van der Waals surface area contributed by atoms with Crippen molar-refractivity contribution in [1.29, 1.82) is 0 Å². The highest BCUT2D eigenvalue weighted by Gasteiger charge is 2.33. The van der Waals surface area contributed by atoms with Crippen LogP contribution in [0.3, 0.4) is 0 Å². The molecule has 0 aromatic heterocycles. The minimum Gasteiger partial charge on any atom is -0.390 e. The lowest BCUT2D eigenvalue weighted by molar-refractivity contribution is -0.0567. The maximum absolute atomic E-state index is 10.3. The Morgan fingerprint density at radius 1 is 0.569 bits per heavy atom. The van der Waals surface area contributed by atoms with Crippen LogP contribution in [0.1, 0.15) is 168 Å². The number of halogens is 1. The molecule has 3 heterocycles. The van der Waals surface area contributed by atoms with Crippen molar-refractivity contribution in [2.24, 2.45) is 35.5 Å². The first kappa shape index (κ1) is 62.4. The largest absolute Gasteiger partial charge is 0.390 e. The first-order valence-corrected chi connectivity index (χ1v) is 24.4. The number of alkyl halides is 1. The molecule has 0 aromatic rings. The summed E-state index contributed by atoms with van der Waals surface area (Å²) < 4.78 is 32.6. The van der Waals surface area contributed by atoms with Crippen molar-refractivity contribution >= 4 is 22.6 Å². The summed E-state index contributed by atoms with van der Waals surface area (Å²) in [5.74, 6) is 2.70. The molecule has 10 nitrogen and oxygen atoms in total. The summed E-state index contributed by atoms with van der Waals surface area (Å²) in [6.45, 7) is 28.6. The highest BCUT2D eigenvalue weighted by molar-refractivity contribution is 14.1. The van der Waals surface area contributed by atoms with Crippen LogP contribution >= 0.6 is 22.6 Å². The number of allylic oxidation sites excluding steroid dienone is 1. The molecule has 0 amide bonds. The lowest BCUT2D eigenvalue weighted by Crippen LogP contribution is -2.39. The third-order valence-corrected chi connectivity index (χ3v) is 11.4. The molecule has 0 radical (unpaired) electrons. The Hall–Kier alpha value is 0.0700. The summed E-state index contributed by atoms with van der Waals surface area (Å²) in [5.41, 5.74) is 0. The van der Waals surface area contributed by atoms with E-state index in [4.69, 9.17) is 28.4 Å². The topological polar surface area (TPSA) is 136 Å². The van der Waals surface area contributed by atoms with Gasteiger partial charge in [0.2, 0.25) is 0 Å². The van der Waals surface area contributed by atoms with E-state index >= 15 is 0 Å². The molecule has 0 bridgehead atoms. The predicted octanol–water partition coefficient (Wildman–Crippen LogP) is 10.7. The zero-order chi connectivity index (χ0) is 43.6. The second kappa shape index (κ2) is 41.1. The van der Waals surface area contributed by atoms with Gasteiger partial charge in [-0.1, -0.05) is 177 Å². The van der Waals surface area contributed by atoms with Crippen molar-refractivity contribution < 1.29 is 48.8 Å². The zero-order valence-corrected chi connectivity index (χ0v) is 40.9. The van der Waals surface area contributed by atoms with Crippen molar-refractivity contribution in [2.75, 3.05) is 44.6 Å². The maximum atomic E-state index is 10.3. The minimum absolute atomic E-state index is 0. The van der Waals surface area contributed by atoms with Crippen molar-refractivity contribution in [3.63, 3.8) is 0 Å². The molecular formula is C47H97IO10. The van der Waals surface area contributed by atoms with Gasteiger partial charge in [-0.05, 0) is 52.8 Å². The molecule has 0 aromatic carbocycles. The molecule has 3 saturated heterocycles. The molecule has 58 heavy (non-hydrogen) atoms. The van der Waals surface area contributed by atoms with Crippen molar-refractivity contribution in [3.8, 4) is 0 Å². The molecule has 3 rings (SSSR count). The van der Waals surface area contributed by atoms with Gasteiger partial charge in [-0.2, -0.15) is 0 Å². The SMILES string of the molecule is C.CC.CCC[C@H](C)[C@@H](/C=C\C[C@H]1COCO1)CC.CCC[C@H](C)[C@H](CC)[C@@H](O)[C@@H](O)C[C@H]1COCO1.CCC[C@H](C)[C@H](CC)[C@H](O)[C@H](O)C[C@H]1COCO1.CCI. The summed E-state index contributed by atoms with van der Waals surface area (Å²) in [6.07, 6.45) is 13.9. The monoisotopic (exact) mass is 949 g/mol. The van der Waals surface area contributed by atoms with E-state index in [1.807, 2.05) is 13.8 Å². The van der Waals surface area contributed by atoms with Crippen LogP contribution in [0.5, 0.6) is 0 Å². The number of aliphatic hydroxyl groups is 4. The van der Waals surface area contributed by atoms with Gasteiger partial charge in [-0.3, -0.25) is 0 Å². The summed E-state index contributed by atoms with van der Waals surface area (Å²) in [6, 6.07) is 0. The highest BCUT2D eigenvalue weighted by atomic mass is 127. The van der Waals surface area contributed by atoms with Gasteiger partial charge in [-0.25, -0.2) is 0 Å². The Morgan fingerprint density at radius 2 is 0.914 bits per heavy atom. The van der Waals surface area contributed by atoms with Gasteiger partial charge in [0.15, 0.2) is 0 Å². The third kappa shape index (κ3) is 27.9. The smallest absolute Gasteiger partial charge is 0.147 e. The van der Waals surface area contributed by atoms with E-state index in [0.717, 1.165) is 63.4 Å². The minimum atomic E-state index is -0.721. The third-order valence-electron chi connectivity index (χ3n) is 11.4. The Bertz CT molecular complexity index is 820. The molecule has 0 unspecified atom stereocenters. The average molecular weight is 949 g/mol. The molecule has 13 atom stereocenters. The number of ether oxygens (including phenoxy) is 6. The van der Waals surface area contributed by atoms with Crippen molar-refractivity contribution in [1.82, 2.24) is 0 Å². The number of aliphatic hydroxyl groups excluding tert-OH is 4. The van der Waals surface area contributed by atoms with Crippen LogP contribution < -0.4 is 0 Å². The van der Waals surface area contributed by atoms with Crippen LogP contribution in [-0.4, -0.2) is 108 Å². The Labute approximate surface area is 372 Å². The van der Waals surface area contributed by atoms with E-state index in [1.165, 1.54) is 23.7 Å². The van der Waals surface area contributed by atoms with Gasteiger partial charge < -0.3 is 48.8 Å². The summed E-state index contributed by atoms with van der Waals surface area (Å²) in [4.78, 5) is 0. The van der Waals surface area contributed by atoms with Gasteiger partial charge in [0, 0.05) is 12.8 Å². The van der Waals surface area contributed by atoms with E-state index in [-0.39, 0.29) is 37.6 Å². The van der Waals surface area contributed by atoms with E-state index < -0.39 is 24.4 Å². The summed E-state index contributed by atoms with van der Waals surface area (Å²) >= 11 is 2.29. The van der Waals surface area contributed by atoms with Crippen LogP contribution in [0.25, 0.3) is 0 Å². The Morgan fingerprint density at radius 3 is 1.21 bits per heavy atom. The summed E-state index contributed by atoms with van der Waals surface area (Å²) in [5, 5.41) is 40.8. The van der Waals surface area contributed by atoms with E-state index in [9.17, 15) is 20.4 Å². The maximum Gasteiger partial charge on any atom is 0.147 e. The zero-order valence-electron chi connectivity index (χ0n) is 38.7. The highest BCUT2D eigenvalue weighted by Crippen LogP contribution is 2.29. The van der Waals surface area contributed by atoms with Gasteiger partial charge in [0.1, 0.15) is 20.4 Å². The Balaban J connectivity index is -0.000000734. The molecular weight excluding hydrogens is 851 g/mol. The predicted molar refractivity (Wildman–Crippen MR) is 250 cm³/mol. The fourth-order valence-corrected chi connectivity index (χ4v) is 8.01. The number of rotatable bonds is 23. The quantitative estimate of drug-likeness (QED) is 0.0445. The molecule has 3 aliphatic rings. The van der Waals surface area contributed by atoms with Gasteiger partial charge in [0.05, 0.1) is 62.5 Å². The van der Waals surface area contributed by atoms with Gasteiger partial charge in [-0.15, -0.1) is 0 Å². The van der Waals surface area contributed by atoms with E-state index in [0.29, 0.717) is 58.3 Å². The first-order valence-electron chi connectivity index (χ1n) is 22.9. The van der Waals surface area contributed by atoms with E-state index in [1.54, 1.807) is 0 Å². The van der Waals surface area contributed by atoms with Crippen LogP contribution in [-0.2, 0) is 28.4 Å². The fraction of sp³-hybridized carbons (Fsp3) is 0.957. The normalized spacial score (nSPS) is 24.0. The second-order valence-electron chi connectivity index (χ2n) is 15.9. The number of hydrogen-bond acceptors (Lipinski definition) is 10. The lowest BCUT2D eigenvalue weighted by atomic mass is 9.81. The molecule has 3 fully saturated rings. The van der Waals surface area contributed by atoms with E-state index in [2.05, 4.69) is 104 Å². The first-order chi connectivity index (χ1) is 27.4. The standard InChI is InChI=1S/2C14H28O4.C14H26O2.C2H5I.C2H6.CH4/c2*1-4-6-10(3)12(5-2)14(16)13(15)7-11-8-17-9-18-11;1-4-7-12(3)13(5-2)8-6-9-14-10-15-11-16-14;1-2-3;1-2;/h2*10-16H,4-9H2,1-3H3;6,8,12-14H,4-5,7,9-11H2,1-3H3;2H2,1H3;1-2H3;1H4/b;;8-6-;;;/t10-,11-,12-,13+,14-;10-,11-,12-,13-,14+;12-,13+,14-;;;/m000.../s1. The van der Waals surface area contributed by atoms with Gasteiger partial charge >= 0.3 is 0 Å². The van der Waals surface area contributed by atoms with Crippen molar-refractivity contribution in [3.05, 3.63) is 12.2 Å². The molecule has 3 aliphatic heterocycles. The molecule has 0 aliphatic carbocycles. The molecule has 4 N–H and O–H groups in total. The van der Waals surface area contributed by atoms with Crippen LogP contribution in [0.15, 0.2) is 12.2 Å². The van der Waals surface area contributed by atoms with Crippen LogP contribution in [0, 0.1) is 35.5 Å². The van der Waals surface area contributed by atoms with Crippen LogP contribution in [0.4, 0.5) is 0 Å². The fourth-order valence-electron chi connectivity index (χ4n) is 8.01.